The second kappa shape index (κ2) is 5.37. The molecule has 0 radical (unpaired) electrons. The monoisotopic (exact) mass is 229 g/mol. The lowest BCUT2D eigenvalue weighted by Crippen LogP contribution is -2.37. The number of hydrogen-bond donors (Lipinski definition) is 2. The van der Waals surface area contributed by atoms with Crippen LogP contribution in [0.15, 0.2) is 18.2 Å². The van der Waals surface area contributed by atoms with Crippen LogP contribution in [-0.4, -0.2) is 18.3 Å². The fourth-order valence-corrected chi connectivity index (χ4v) is 1.47. The highest BCUT2D eigenvalue weighted by molar-refractivity contribution is 5.24. The zero-order chi connectivity index (χ0) is 12.2. The fraction of sp³-hybridized carbons (Fsp3) is 0.500. The molecule has 0 aliphatic carbocycles. The molecule has 1 rings (SSSR count). The van der Waals surface area contributed by atoms with Crippen LogP contribution in [0.5, 0.6) is 0 Å². The van der Waals surface area contributed by atoms with E-state index in [1.165, 1.54) is 6.07 Å². The summed E-state index contributed by atoms with van der Waals surface area (Å²) in [7, 11) is 0. The van der Waals surface area contributed by atoms with Gasteiger partial charge in [-0.25, -0.2) is 8.78 Å². The minimum Gasteiger partial charge on any atom is -0.396 e. The largest absolute Gasteiger partial charge is 0.396 e. The average Bonchev–Trinajstić information content (AvgIpc) is 2.22. The maximum absolute atomic E-state index is 13.1. The standard InChI is InChI=1S/C12H17F2NO/c1-12(2,15-6-3-7-16)9-4-5-10(13)11(14)8-9/h4-5,8,15-16H,3,6-7H2,1-2H3. The van der Waals surface area contributed by atoms with Crippen LogP contribution in [0, 0.1) is 11.6 Å². The summed E-state index contributed by atoms with van der Waals surface area (Å²) >= 11 is 0. The Balaban J connectivity index is 2.76. The second-order valence-corrected chi connectivity index (χ2v) is 4.26. The summed E-state index contributed by atoms with van der Waals surface area (Å²) in [6.45, 7) is 4.51. The van der Waals surface area contributed by atoms with Crippen molar-refractivity contribution in [2.24, 2.45) is 0 Å². The number of aliphatic hydroxyl groups excluding tert-OH is 1. The Labute approximate surface area is 94.3 Å². The highest BCUT2D eigenvalue weighted by Gasteiger charge is 2.20. The number of benzene rings is 1. The topological polar surface area (TPSA) is 32.3 Å². The van der Waals surface area contributed by atoms with Gasteiger partial charge in [0.15, 0.2) is 11.6 Å². The van der Waals surface area contributed by atoms with Gasteiger partial charge in [-0.2, -0.15) is 0 Å². The third kappa shape index (κ3) is 3.25. The van der Waals surface area contributed by atoms with Crippen LogP contribution < -0.4 is 5.32 Å². The van der Waals surface area contributed by atoms with Crippen LogP contribution in [0.3, 0.4) is 0 Å². The predicted molar refractivity (Wildman–Crippen MR) is 59.1 cm³/mol. The zero-order valence-corrected chi connectivity index (χ0v) is 9.56. The number of halogens is 2. The number of rotatable bonds is 5. The molecule has 0 atom stereocenters. The quantitative estimate of drug-likeness (QED) is 0.758. The SMILES string of the molecule is CC(C)(NCCCO)c1ccc(F)c(F)c1. The lowest BCUT2D eigenvalue weighted by Gasteiger charge is -2.27. The van der Waals surface area contributed by atoms with Crippen LogP contribution in [0.1, 0.15) is 25.8 Å². The van der Waals surface area contributed by atoms with Crippen molar-refractivity contribution >= 4 is 0 Å². The van der Waals surface area contributed by atoms with E-state index in [4.69, 9.17) is 5.11 Å². The minimum atomic E-state index is -0.838. The number of nitrogens with one attached hydrogen (secondary N) is 1. The molecule has 0 unspecified atom stereocenters. The lowest BCUT2D eigenvalue weighted by atomic mass is 9.94. The van der Waals surface area contributed by atoms with Crippen LogP contribution in [0.2, 0.25) is 0 Å². The van der Waals surface area contributed by atoms with Gasteiger partial charge in [0.25, 0.3) is 0 Å². The summed E-state index contributed by atoms with van der Waals surface area (Å²) in [5, 5.41) is 11.8. The van der Waals surface area contributed by atoms with Crippen molar-refractivity contribution in [3.8, 4) is 0 Å². The van der Waals surface area contributed by atoms with Gasteiger partial charge < -0.3 is 10.4 Å². The molecular formula is C12H17F2NO. The Morgan fingerprint density at radius 1 is 1.25 bits per heavy atom. The van der Waals surface area contributed by atoms with Crippen molar-refractivity contribution in [1.82, 2.24) is 5.32 Å². The number of hydrogen-bond acceptors (Lipinski definition) is 2. The van der Waals surface area contributed by atoms with Gasteiger partial charge in [-0.05, 0) is 44.5 Å². The molecule has 4 heteroatoms. The molecule has 0 saturated carbocycles. The first kappa shape index (κ1) is 13.1. The Bertz CT molecular complexity index is 353. The average molecular weight is 229 g/mol. The van der Waals surface area contributed by atoms with E-state index in [1.54, 1.807) is 6.07 Å². The van der Waals surface area contributed by atoms with E-state index in [0.29, 0.717) is 18.5 Å². The molecule has 0 aliphatic rings. The molecule has 0 bridgehead atoms. The smallest absolute Gasteiger partial charge is 0.159 e. The molecule has 0 spiro atoms. The van der Waals surface area contributed by atoms with Gasteiger partial charge in [0.2, 0.25) is 0 Å². The van der Waals surface area contributed by atoms with E-state index < -0.39 is 17.2 Å². The Hall–Kier alpha value is -1.00. The zero-order valence-electron chi connectivity index (χ0n) is 9.56. The second-order valence-electron chi connectivity index (χ2n) is 4.26. The van der Waals surface area contributed by atoms with E-state index in [-0.39, 0.29) is 6.61 Å². The van der Waals surface area contributed by atoms with Crippen molar-refractivity contribution < 1.29 is 13.9 Å². The van der Waals surface area contributed by atoms with Gasteiger partial charge in [-0.3, -0.25) is 0 Å². The summed E-state index contributed by atoms with van der Waals surface area (Å²) in [6, 6.07) is 3.88. The van der Waals surface area contributed by atoms with Crippen LogP contribution in [0.4, 0.5) is 8.78 Å². The molecule has 0 heterocycles. The highest BCUT2D eigenvalue weighted by atomic mass is 19.2. The molecule has 0 saturated heterocycles. The number of aliphatic hydroxyl groups is 1. The van der Waals surface area contributed by atoms with E-state index in [2.05, 4.69) is 5.32 Å². The molecule has 90 valence electrons. The molecule has 1 aromatic rings. The van der Waals surface area contributed by atoms with Gasteiger partial charge in [-0.1, -0.05) is 6.07 Å². The molecule has 0 amide bonds. The van der Waals surface area contributed by atoms with Crippen LogP contribution in [-0.2, 0) is 5.54 Å². The summed E-state index contributed by atoms with van der Waals surface area (Å²) in [5.74, 6) is -1.68. The highest BCUT2D eigenvalue weighted by Crippen LogP contribution is 2.21. The van der Waals surface area contributed by atoms with E-state index in [9.17, 15) is 8.78 Å². The molecule has 0 fully saturated rings. The van der Waals surface area contributed by atoms with Crippen molar-refractivity contribution in [2.45, 2.75) is 25.8 Å². The van der Waals surface area contributed by atoms with Crippen molar-refractivity contribution in [3.63, 3.8) is 0 Å². The molecule has 2 N–H and O–H groups in total. The van der Waals surface area contributed by atoms with Gasteiger partial charge in [-0.15, -0.1) is 0 Å². The van der Waals surface area contributed by atoms with Crippen LogP contribution >= 0.6 is 0 Å². The summed E-state index contributed by atoms with van der Waals surface area (Å²) < 4.78 is 25.8. The Kier molecular flexibility index (Phi) is 4.38. The van der Waals surface area contributed by atoms with Gasteiger partial charge in [0.1, 0.15) is 0 Å². The minimum absolute atomic E-state index is 0.112. The summed E-state index contributed by atoms with van der Waals surface area (Å²) in [4.78, 5) is 0. The molecule has 0 aromatic heterocycles. The van der Waals surface area contributed by atoms with Crippen molar-refractivity contribution in [3.05, 3.63) is 35.4 Å². The molecular weight excluding hydrogens is 212 g/mol. The summed E-state index contributed by atoms with van der Waals surface area (Å²) in [5.41, 5.74) is 0.244. The third-order valence-corrected chi connectivity index (χ3v) is 2.54. The molecule has 2 nitrogen and oxygen atoms in total. The molecule has 1 aromatic carbocycles. The van der Waals surface area contributed by atoms with Gasteiger partial charge >= 0.3 is 0 Å². The fourth-order valence-electron chi connectivity index (χ4n) is 1.47. The predicted octanol–water partition coefficient (Wildman–Crippen LogP) is 2.17. The van der Waals surface area contributed by atoms with E-state index in [0.717, 1.165) is 6.07 Å². The maximum atomic E-state index is 13.1. The Morgan fingerprint density at radius 3 is 2.50 bits per heavy atom. The van der Waals surface area contributed by atoms with Crippen molar-refractivity contribution in [1.29, 1.82) is 0 Å². The first-order valence-electron chi connectivity index (χ1n) is 5.29. The van der Waals surface area contributed by atoms with Crippen LogP contribution in [0.25, 0.3) is 0 Å². The lowest BCUT2D eigenvalue weighted by molar-refractivity contribution is 0.275. The normalized spacial score (nSPS) is 11.8. The van der Waals surface area contributed by atoms with E-state index in [1.807, 2.05) is 13.8 Å². The first-order valence-corrected chi connectivity index (χ1v) is 5.29. The van der Waals surface area contributed by atoms with Gasteiger partial charge in [0, 0.05) is 12.1 Å². The molecule has 16 heavy (non-hydrogen) atoms. The maximum Gasteiger partial charge on any atom is 0.159 e. The van der Waals surface area contributed by atoms with E-state index >= 15 is 0 Å². The Morgan fingerprint density at radius 2 is 1.94 bits per heavy atom. The summed E-state index contributed by atoms with van der Waals surface area (Å²) in [6.07, 6.45) is 0.632. The first-order chi connectivity index (χ1) is 7.47. The van der Waals surface area contributed by atoms with Crippen molar-refractivity contribution in [2.75, 3.05) is 13.2 Å². The van der Waals surface area contributed by atoms with Gasteiger partial charge in [0.05, 0.1) is 0 Å². The third-order valence-electron chi connectivity index (χ3n) is 2.54. The molecule has 0 aliphatic heterocycles.